The number of halogens is 3. The lowest BCUT2D eigenvalue weighted by Gasteiger charge is -2.19. The lowest BCUT2D eigenvalue weighted by Crippen LogP contribution is -2.03. The summed E-state index contributed by atoms with van der Waals surface area (Å²) < 4.78 is 26.1. The first-order chi connectivity index (χ1) is 8.59. The molecule has 0 radical (unpaired) electrons. The van der Waals surface area contributed by atoms with Crippen molar-refractivity contribution in [2.45, 2.75) is 17.7 Å². The molecule has 0 aliphatic rings. The van der Waals surface area contributed by atoms with Gasteiger partial charge >= 0.3 is 0 Å². The maximum Gasteiger partial charge on any atom is 0.159 e. The van der Waals surface area contributed by atoms with E-state index in [1.165, 1.54) is 6.07 Å². The number of hydrogen-bond acceptors (Lipinski definition) is 1. The lowest BCUT2D eigenvalue weighted by molar-refractivity contribution is 0.506. The smallest absolute Gasteiger partial charge is 0.159 e. The van der Waals surface area contributed by atoms with Gasteiger partial charge in [-0.2, -0.15) is 0 Å². The highest BCUT2D eigenvalue weighted by molar-refractivity contribution is 9.09. The third-order valence-corrected chi connectivity index (χ3v) is 4.25. The second kappa shape index (κ2) is 5.57. The van der Waals surface area contributed by atoms with Crippen LogP contribution in [0, 0.1) is 11.6 Å². The third-order valence-electron chi connectivity index (χ3n) is 2.93. The fourth-order valence-electron chi connectivity index (χ4n) is 1.81. The van der Waals surface area contributed by atoms with E-state index in [1.807, 2.05) is 19.1 Å². The minimum absolute atomic E-state index is 0.0741. The van der Waals surface area contributed by atoms with Gasteiger partial charge in [-0.3, -0.25) is 4.98 Å². The van der Waals surface area contributed by atoms with Crippen molar-refractivity contribution in [1.82, 2.24) is 4.98 Å². The molecule has 0 saturated heterocycles. The van der Waals surface area contributed by atoms with Crippen LogP contribution in [0.2, 0.25) is 0 Å². The molecular formula is C14H12BrF2N. The molecule has 1 nitrogen and oxygen atoms in total. The maximum atomic E-state index is 13.2. The molecule has 1 aromatic heterocycles. The number of rotatable bonds is 3. The van der Waals surface area contributed by atoms with E-state index in [9.17, 15) is 8.78 Å². The molecule has 0 N–H and O–H groups in total. The molecule has 1 aromatic carbocycles. The largest absolute Gasteiger partial charge is 0.265 e. The highest BCUT2D eigenvalue weighted by Crippen LogP contribution is 2.37. The summed E-state index contributed by atoms with van der Waals surface area (Å²) in [6, 6.07) is 7.80. The Morgan fingerprint density at radius 1 is 1.00 bits per heavy atom. The second-order valence-corrected chi connectivity index (χ2v) is 5.13. The Morgan fingerprint density at radius 2 is 1.67 bits per heavy atom. The van der Waals surface area contributed by atoms with Gasteiger partial charge in [0, 0.05) is 17.2 Å². The van der Waals surface area contributed by atoms with Gasteiger partial charge in [0.25, 0.3) is 0 Å². The summed E-state index contributed by atoms with van der Waals surface area (Å²) in [6.07, 6.45) is 3.44. The SMILES string of the molecule is CC(c1ccncc1)C(Br)c1ccc(F)c(F)c1. The second-order valence-electron chi connectivity index (χ2n) is 4.14. The van der Waals surface area contributed by atoms with Crippen LogP contribution >= 0.6 is 15.9 Å². The van der Waals surface area contributed by atoms with Crippen molar-refractivity contribution in [2.75, 3.05) is 0 Å². The van der Waals surface area contributed by atoms with Crippen molar-refractivity contribution in [2.24, 2.45) is 0 Å². The zero-order valence-electron chi connectivity index (χ0n) is 9.78. The van der Waals surface area contributed by atoms with Crippen LogP contribution < -0.4 is 0 Å². The zero-order chi connectivity index (χ0) is 13.1. The summed E-state index contributed by atoms with van der Waals surface area (Å²) >= 11 is 3.54. The Kier molecular flexibility index (Phi) is 4.07. The zero-order valence-corrected chi connectivity index (χ0v) is 11.4. The van der Waals surface area contributed by atoms with E-state index in [1.54, 1.807) is 18.5 Å². The van der Waals surface area contributed by atoms with Crippen LogP contribution in [0.1, 0.15) is 28.8 Å². The normalized spacial score (nSPS) is 14.2. The van der Waals surface area contributed by atoms with E-state index in [-0.39, 0.29) is 10.7 Å². The summed E-state index contributed by atoms with van der Waals surface area (Å²) in [7, 11) is 0. The van der Waals surface area contributed by atoms with Crippen LogP contribution in [0.5, 0.6) is 0 Å². The van der Waals surface area contributed by atoms with Crippen molar-refractivity contribution >= 4 is 15.9 Å². The molecule has 18 heavy (non-hydrogen) atoms. The molecule has 2 aromatic rings. The fourth-order valence-corrected chi connectivity index (χ4v) is 2.40. The Balaban J connectivity index is 2.25. The Labute approximate surface area is 113 Å². The van der Waals surface area contributed by atoms with Crippen molar-refractivity contribution in [3.8, 4) is 0 Å². The summed E-state index contributed by atoms with van der Waals surface area (Å²) in [5.41, 5.74) is 1.81. The van der Waals surface area contributed by atoms with Crippen molar-refractivity contribution < 1.29 is 8.78 Å². The molecule has 0 fully saturated rings. The van der Waals surface area contributed by atoms with Crippen LogP contribution in [-0.2, 0) is 0 Å². The molecule has 2 unspecified atom stereocenters. The van der Waals surface area contributed by atoms with Gasteiger partial charge in [0.1, 0.15) is 0 Å². The van der Waals surface area contributed by atoms with Crippen LogP contribution in [-0.4, -0.2) is 4.98 Å². The minimum Gasteiger partial charge on any atom is -0.265 e. The Hall–Kier alpha value is -1.29. The van der Waals surface area contributed by atoms with Crippen molar-refractivity contribution in [3.05, 3.63) is 65.5 Å². The monoisotopic (exact) mass is 311 g/mol. The van der Waals surface area contributed by atoms with Gasteiger partial charge in [-0.25, -0.2) is 8.78 Å². The van der Waals surface area contributed by atoms with Crippen molar-refractivity contribution in [3.63, 3.8) is 0 Å². The number of pyridine rings is 1. The van der Waals surface area contributed by atoms with E-state index >= 15 is 0 Å². The highest BCUT2D eigenvalue weighted by Gasteiger charge is 2.19. The van der Waals surface area contributed by atoms with Gasteiger partial charge in [0.15, 0.2) is 11.6 Å². The molecule has 0 aliphatic carbocycles. The van der Waals surface area contributed by atoms with Crippen LogP contribution in [0.4, 0.5) is 8.78 Å². The predicted octanol–water partition coefficient (Wildman–Crippen LogP) is 4.60. The predicted molar refractivity (Wildman–Crippen MR) is 70.7 cm³/mol. The van der Waals surface area contributed by atoms with Gasteiger partial charge in [-0.1, -0.05) is 28.9 Å². The summed E-state index contributed by atoms with van der Waals surface area (Å²) in [5.74, 6) is -1.51. The van der Waals surface area contributed by atoms with Crippen LogP contribution in [0.15, 0.2) is 42.7 Å². The van der Waals surface area contributed by atoms with E-state index < -0.39 is 11.6 Å². The Bertz CT molecular complexity index is 531. The minimum atomic E-state index is -0.824. The quantitative estimate of drug-likeness (QED) is 0.755. The van der Waals surface area contributed by atoms with E-state index in [4.69, 9.17) is 0 Å². The summed E-state index contributed by atoms with van der Waals surface area (Å²) in [5, 5.41) is 0. The number of hydrogen-bond donors (Lipinski definition) is 0. The average molecular weight is 312 g/mol. The molecule has 0 amide bonds. The molecule has 0 aliphatic heterocycles. The lowest BCUT2D eigenvalue weighted by atomic mass is 9.94. The first-order valence-electron chi connectivity index (χ1n) is 5.58. The van der Waals surface area contributed by atoms with E-state index in [2.05, 4.69) is 20.9 Å². The van der Waals surface area contributed by atoms with Crippen LogP contribution in [0.25, 0.3) is 0 Å². The van der Waals surface area contributed by atoms with Gasteiger partial charge in [-0.05, 0) is 41.3 Å². The van der Waals surface area contributed by atoms with Gasteiger partial charge < -0.3 is 0 Å². The third kappa shape index (κ3) is 2.75. The molecule has 4 heteroatoms. The molecule has 0 spiro atoms. The molecule has 2 rings (SSSR count). The van der Waals surface area contributed by atoms with Crippen molar-refractivity contribution in [1.29, 1.82) is 0 Å². The van der Waals surface area contributed by atoms with Crippen LogP contribution in [0.3, 0.4) is 0 Å². The molecule has 0 saturated carbocycles. The highest BCUT2D eigenvalue weighted by atomic mass is 79.9. The van der Waals surface area contributed by atoms with E-state index in [0.29, 0.717) is 0 Å². The number of nitrogens with zero attached hydrogens (tertiary/aromatic N) is 1. The molecule has 1 heterocycles. The van der Waals surface area contributed by atoms with Gasteiger partial charge in [-0.15, -0.1) is 0 Å². The van der Waals surface area contributed by atoms with Gasteiger partial charge in [0.05, 0.1) is 0 Å². The molecule has 94 valence electrons. The summed E-state index contributed by atoms with van der Waals surface area (Å²) in [6.45, 7) is 2.02. The van der Waals surface area contributed by atoms with Gasteiger partial charge in [0.2, 0.25) is 0 Å². The number of benzene rings is 1. The Morgan fingerprint density at radius 3 is 2.28 bits per heavy atom. The standard InChI is InChI=1S/C14H12BrF2N/c1-9(10-4-6-18-7-5-10)14(15)11-2-3-12(16)13(17)8-11/h2-9,14H,1H3. The fraction of sp³-hybridized carbons (Fsp3) is 0.214. The summed E-state index contributed by atoms with van der Waals surface area (Å²) in [4.78, 5) is 3.89. The molecule has 2 atom stereocenters. The first-order valence-corrected chi connectivity index (χ1v) is 6.50. The average Bonchev–Trinajstić information content (AvgIpc) is 2.41. The topological polar surface area (TPSA) is 12.9 Å². The first kappa shape index (κ1) is 13.1. The molecular weight excluding hydrogens is 300 g/mol. The van der Waals surface area contributed by atoms with E-state index in [0.717, 1.165) is 17.2 Å². The number of aromatic nitrogens is 1. The molecule has 0 bridgehead atoms. The maximum absolute atomic E-state index is 13.2. The number of alkyl halides is 1.